The molecule has 0 aliphatic heterocycles. The molecule has 0 radical (unpaired) electrons. The van der Waals surface area contributed by atoms with Gasteiger partial charge in [0.1, 0.15) is 21.4 Å². The Morgan fingerprint density at radius 2 is 2.25 bits per heavy atom. The number of nitrogens with zero attached hydrogens (tertiary/aromatic N) is 1. The van der Waals surface area contributed by atoms with Crippen LogP contribution in [0.15, 0.2) is 21.6 Å². The van der Waals surface area contributed by atoms with Gasteiger partial charge in [0.05, 0.1) is 13.1 Å². The van der Waals surface area contributed by atoms with Crippen LogP contribution in [-0.4, -0.2) is 13.4 Å². The summed E-state index contributed by atoms with van der Waals surface area (Å²) in [6.07, 6.45) is 2.66. The lowest BCUT2D eigenvalue weighted by atomic mass is 10.4. The standard InChI is InChI=1S/C12H17N3O3S2/c1-3-10-6-14-12(19-10)7-15-20(16,17)11-4-9(5-13)18-8(11)2/h4,6,15H,3,5,7,13H2,1-2H3. The third-order valence-corrected chi connectivity index (χ3v) is 5.43. The van der Waals surface area contributed by atoms with Crippen molar-refractivity contribution in [1.82, 2.24) is 9.71 Å². The molecule has 0 unspecified atom stereocenters. The van der Waals surface area contributed by atoms with E-state index in [1.54, 1.807) is 13.1 Å². The van der Waals surface area contributed by atoms with E-state index in [9.17, 15) is 8.42 Å². The second kappa shape index (κ2) is 6.04. The zero-order valence-corrected chi connectivity index (χ0v) is 13.0. The van der Waals surface area contributed by atoms with Crippen molar-refractivity contribution < 1.29 is 12.8 Å². The second-order valence-corrected chi connectivity index (χ2v) is 7.17. The van der Waals surface area contributed by atoms with Crippen LogP contribution >= 0.6 is 11.3 Å². The Morgan fingerprint density at radius 1 is 1.50 bits per heavy atom. The monoisotopic (exact) mass is 315 g/mol. The lowest BCUT2D eigenvalue weighted by molar-refractivity contribution is 0.478. The third kappa shape index (κ3) is 3.26. The van der Waals surface area contributed by atoms with Crippen LogP contribution in [0.5, 0.6) is 0 Å². The van der Waals surface area contributed by atoms with Crippen LogP contribution in [0.3, 0.4) is 0 Å². The predicted octanol–water partition coefficient (Wildman–Crippen LogP) is 1.54. The molecule has 0 fully saturated rings. The quantitative estimate of drug-likeness (QED) is 0.842. The molecule has 0 saturated carbocycles. The fourth-order valence-corrected chi connectivity index (χ4v) is 3.80. The number of hydrogen-bond acceptors (Lipinski definition) is 6. The van der Waals surface area contributed by atoms with E-state index < -0.39 is 10.0 Å². The van der Waals surface area contributed by atoms with Gasteiger partial charge in [0.15, 0.2) is 0 Å². The molecule has 0 aliphatic carbocycles. The molecule has 0 bridgehead atoms. The van der Waals surface area contributed by atoms with Gasteiger partial charge in [0.25, 0.3) is 0 Å². The van der Waals surface area contributed by atoms with E-state index in [4.69, 9.17) is 10.2 Å². The summed E-state index contributed by atoms with van der Waals surface area (Å²) in [5.41, 5.74) is 5.44. The Balaban J connectivity index is 2.12. The topological polar surface area (TPSA) is 98.2 Å². The van der Waals surface area contributed by atoms with Crippen molar-refractivity contribution in [1.29, 1.82) is 0 Å². The number of furan rings is 1. The number of nitrogens with one attached hydrogen (secondary N) is 1. The van der Waals surface area contributed by atoms with Crippen molar-refractivity contribution in [3.8, 4) is 0 Å². The number of sulfonamides is 1. The molecular formula is C12H17N3O3S2. The molecule has 2 rings (SSSR count). The molecule has 2 heterocycles. The Hall–Kier alpha value is -1.22. The van der Waals surface area contributed by atoms with Gasteiger partial charge >= 0.3 is 0 Å². The summed E-state index contributed by atoms with van der Waals surface area (Å²) in [6.45, 7) is 3.98. The van der Waals surface area contributed by atoms with Gasteiger partial charge in [-0.25, -0.2) is 18.1 Å². The summed E-state index contributed by atoms with van der Waals surface area (Å²) in [6, 6.07) is 1.46. The maximum atomic E-state index is 12.2. The van der Waals surface area contributed by atoms with Crippen LogP contribution in [0.2, 0.25) is 0 Å². The summed E-state index contributed by atoms with van der Waals surface area (Å²) in [5.74, 6) is 0.789. The Kier molecular flexibility index (Phi) is 4.59. The van der Waals surface area contributed by atoms with Gasteiger partial charge < -0.3 is 10.2 Å². The van der Waals surface area contributed by atoms with E-state index in [0.717, 1.165) is 16.3 Å². The fraction of sp³-hybridized carbons (Fsp3) is 0.417. The van der Waals surface area contributed by atoms with E-state index in [2.05, 4.69) is 9.71 Å². The molecule has 0 aromatic carbocycles. The molecule has 3 N–H and O–H groups in total. The fourth-order valence-electron chi connectivity index (χ4n) is 1.72. The first kappa shape index (κ1) is 15.2. The zero-order chi connectivity index (χ0) is 14.8. The van der Waals surface area contributed by atoms with Crippen LogP contribution in [0, 0.1) is 6.92 Å². The molecule has 0 spiro atoms. The molecule has 0 amide bonds. The molecular weight excluding hydrogens is 298 g/mol. The van der Waals surface area contributed by atoms with Crippen LogP contribution in [0.1, 0.15) is 28.3 Å². The maximum Gasteiger partial charge on any atom is 0.244 e. The molecule has 20 heavy (non-hydrogen) atoms. The van der Waals surface area contributed by atoms with Crippen LogP contribution in [-0.2, 0) is 29.5 Å². The van der Waals surface area contributed by atoms with E-state index in [0.29, 0.717) is 11.5 Å². The average Bonchev–Trinajstić information content (AvgIpc) is 3.02. The van der Waals surface area contributed by atoms with Crippen LogP contribution in [0.4, 0.5) is 0 Å². The van der Waals surface area contributed by atoms with Crippen LogP contribution in [0.25, 0.3) is 0 Å². The van der Waals surface area contributed by atoms with Crippen molar-refractivity contribution in [2.24, 2.45) is 5.73 Å². The lowest BCUT2D eigenvalue weighted by Crippen LogP contribution is -2.23. The smallest absolute Gasteiger partial charge is 0.244 e. The van der Waals surface area contributed by atoms with Gasteiger partial charge in [-0.15, -0.1) is 11.3 Å². The number of rotatable bonds is 6. The van der Waals surface area contributed by atoms with Crippen molar-refractivity contribution in [3.05, 3.63) is 33.7 Å². The lowest BCUT2D eigenvalue weighted by Gasteiger charge is -2.03. The number of nitrogens with two attached hydrogens (primary N) is 1. The minimum atomic E-state index is -3.61. The molecule has 110 valence electrons. The normalized spacial score (nSPS) is 11.9. The SMILES string of the molecule is CCc1cnc(CNS(=O)(=O)c2cc(CN)oc2C)s1. The van der Waals surface area contributed by atoms with E-state index in [-0.39, 0.29) is 18.0 Å². The summed E-state index contributed by atoms with van der Waals surface area (Å²) >= 11 is 1.50. The molecule has 6 nitrogen and oxygen atoms in total. The first-order valence-corrected chi connectivity index (χ1v) is 8.49. The maximum absolute atomic E-state index is 12.2. The number of hydrogen-bond donors (Lipinski definition) is 2. The number of aryl methyl sites for hydroxylation is 2. The molecule has 0 saturated heterocycles. The molecule has 0 atom stereocenters. The van der Waals surface area contributed by atoms with E-state index in [1.165, 1.54) is 17.4 Å². The molecule has 0 aliphatic rings. The average molecular weight is 315 g/mol. The highest BCUT2D eigenvalue weighted by Crippen LogP contribution is 2.20. The highest BCUT2D eigenvalue weighted by molar-refractivity contribution is 7.89. The van der Waals surface area contributed by atoms with Gasteiger partial charge in [-0.2, -0.15) is 0 Å². The molecule has 2 aromatic rings. The summed E-state index contributed by atoms with van der Waals surface area (Å²) < 4.78 is 32.2. The van der Waals surface area contributed by atoms with Gasteiger partial charge in [-0.3, -0.25) is 0 Å². The summed E-state index contributed by atoms with van der Waals surface area (Å²) in [4.78, 5) is 5.43. The van der Waals surface area contributed by atoms with E-state index in [1.807, 2.05) is 6.92 Å². The first-order chi connectivity index (χ1) is 9.46. The van der Waals surface area contributed by atoms with Crippen molar-refractivity contribution in [2.45, 2.75) is 38.3 Å². The van der Waals surface area contributed by atoms with Crippen LogP contribution < -0.4 is 10.5 Å². The molecule has 2 aromatic heterocycles. The zero-order valence-electron chi connectivity index (χ0n) is 11.3. The number of thiazole rings is 1. The summed E-state index contributed by atoms with van der Waals surface area (Å²) in [5, 5.41) is 0.741. The van der Waals surface area contributed by atoms with E-state index >= 15 is 0 Å². The van der Waals surface area contributed by atoms with Gasteiger partial charge in [-0.1, -0.05) is 6.92 Å². The minimum Gasteiger partial charge on any atom is -0.464 e. The summed E-state index contributed by atoms with van der Waals surface area (Å²) in [7, 11) is -3.61. The molecule has 8 heteroatoms. The highest BCUT2D eigenvalue weighted by Gasteiger charge is 2.21. The van der Waals surface area contributed by atoms with Gasteiger partial charge in [0.2, 0.25) is 10.0 Å². The van der Waals surface area contributed by atoms with Gasteiger partial charge in [-0.05, 0) is 13.3 Å². The predicted molar refractivity (Wildman–Crippen MR) is 76.9 cm³/mol. The van der Waals surface area contributed by atoms with Crippen molar-refractivity contribution in [3.63, 3.8) is 0 Å². The Labute approximate surface area is 122 Å². The highest BCUT2D eigenvalue weighted by atomic mass is 32.2. The van der Waals surface area contributed by atoms with Gasteiger partial charge in [0, 0.05) is 17.1 Å². The minimum absolute atomic E-state index is 0.130. The third-order valence-electron chi connectivity index (χ3n) is 2.78. The number of aromatic nitrogens is 1. The van der Waals surface area contributed by atoms with Crippen molar-refractivity contribution in [2.75, 3.05) is 0 Å². The van der Waals surface area contributed by atoms with Crippen molar-refractivity contribution >= 4 is 21.4 Å². The largest absolute Gasteiger partial charge is 0.464 e. The first-order valence-electron chi connectivity index (χ1n) is 6.19. The Bertz CT molecular complexity index is 689. The Morgan fingerprint density at radius 3 is 2.80 bits per heavy atom. The second-order valence-electron chi connectivity index (χ2n) is 4.24.